The Morgan fingerprint density at radius 1 is 1.20 bits per heavy atom. The van der Waals surface area contributed by atoms with Crippen molar-refractivity contribution in [1.29, 1.82) is 0 Å². The van der Waals surface area contributed by atoms with Crippen molar-refractivity contribution in [2.45, 2.75) is 92.1 Å². The zero-order valence-electron chi connectivity index (χ0n) is 24.7. The predicted molar refractivity (Wildman–Crippen MR) is 149 cm³/mol. The first kappa shape index (κ1) is 38.5. The number of carboxylic acid groups (broad SMARTS) is 1. The highest BCUT2D eigenvalue weighted by Gasteiger charge is 2.29. The van der Waals surface area contributed by atoms with Crippen LogP contribution in [0, 0.1) is 30.5 Å². The maximum absolute atomic E-state index is 13.4. The van der Waals surface area contributed by atoms with Crippen LogP contribution in [-0.4, -0.2) is 58.0 Å². The lowest BCUT2D eigenvalue weighted by Crippen LogP contribution is -2.30. The number of hydrogen-bond donors (Lipinski definition) is 3. The Morgan fingerprint density at radius 3 is 2.15 bits per heavy atom. The van der Waals surface area contributed by atoms with Gasteiger partial charge in [0.15, 0.2) is 11.6 Å². The largest absolute Gasteiger partial charge is 0.481 e. The lowest BCUT2D eigenvalue weighted by Gasteiger charge is -2.18. The normalized spacial score (nSPS) is 15.8. The van der Waals surface area contributed by atoms with Gasteiger partial charge in [-0.15, -0.1) is 12.8 Å². The Morgan fingerprint density at radius 2 is 1.75 bits per heavy atom. The number of amides is 1. The molecule has 2 atom stereocenters. The van der Waals surface area contributed by atoms with E-state index < -0.39 is 29.5 Å². The van der Waals surface area contributed by atoms with Crippen LogP contribution in [0.1, 0.15) is 80.4 Å². The van der Waals surface area contributed by atoms with Gasteiger partial charge in [0, 0.05) is 19.9 Å². The van der Waals surface area contributed by atoms with Crippen LogP contribution in [0.15, 0.2) is 11.0 Å². The van der Waals surface area contributed by atoms with E-state index >= 15 is 0 Å². The number of hydrogen-bond acceptors (Lipinski definition) is 9. The van der Waals surface area contributed by atoms with Crippen molar-refractivity contribution in [2.24, 2.45) is 11.8 Å². The second kappa shape index (κ2) is 19.4. The van der Waals surface area contributed by atoms with Gasteiger partial charge in [0.05, 0.1) is 12.3 Å². The predicted octanol–water partition coefficient (Wildman–Crippen LogP) is 3.74. The van der Waals surface area contributed by atoms with Crippen molar-refractivity contribution in [1.82, 2.24) is 14.9 Å². The van der Waals surface area contributed by atoms with Crippen molar-refractivity contribution >= 4 is 23.8 Å². The van der Waals surface area contributed by atoms with Gasteiger partial charge in [-0.3, -0.25) is 14.2 Å². The van der Waals surface area contributed by atoms with E-state index in [0.717, 1.165) is 10.8 Å². The minimum atomic E-state index is -0.769. The van der Waals surface area contributed by atoms with Gasteiger partial charge < -0.3 is 30.4 Å². The van der Waals surface area contributed by atoms with Gasteiger partial charge in [0.25, 0.3) is 0 Å². The van der Waals surface area contributed by atoms with E-state index in [4.69, 9.17) is 25.1 Å². The smallest absolute Gasteiger partial charge is 0.407 e. The van der Waals surface area contributed by atoms with Gasteiger partial charge in [-0.05, 0) is 45.4 Å². The van der Waals surface area contributed by atoms with Crippen LogP contribution < -0.4 is 16.7 Å². The summed E-state index contributed by atoms with van der Waals surface area (Å²) in [5, 5.41) is 10.4. The number of carbonyl (C=O) groups is 3. The molecule has 13 heteroatoms. The number of nitrogens with zero attached hydrogens (tertiary/aromatic N) is 2. The number of aromatic nitrogens is 2. The molecule has 0 aromatic carbocycles. The van der Waals surface area contributed by atoms with E-state index in [9.17, 15) is 23.6 Å². The fraction of sp³-hybridized carbons (Fsp3) is 0.667. The number of nitrogens with one attached hydrogen (secondary N) is 1. The van der Waals surface area contributed by atoms with Crippen molar-refractivity contribution < 1.29 is 38.1 Å². The summed E-state index contributed by atoms with van der Waals surface area (Å²) in [4.78, 5) is 46.9. The lowest BCUT2D eigenvalue weighted by atomic mass is 10.1. The number of halogens is 1. The summed E-state index contributed by atoms with van der Waals surface area (Å²) in [6, 6.07) is 0. The van der Waals surface area contributed by atoms with Crippen LogP contribution in [0.2, 0.25) is 0 Å². The first-order chi connectivity index (χ1) is 18.4. The highest BCUT2D eigenvalue weighted by Crippen LogP contribution is 2.27. The molecule has 1 amide bonds. The van der Waals surface area contributed by atoms with E-state index in [1.165, 1.54) is 7.05 Å². The molecule has 1 fully saturated rings. The molecular weight excluding hydrogens is 527 g/mol. The van der Waals surface area contributed by atoms with Crippen LogP contribution in [0.3, 0.4) is 0 Å². The molecule has 0 radical (unpaired) electrons. The molecule has 40 heavy (non-hydrogen) atoms. The number of carbonyl (C=O) groups excluding carboxylic acids is 2. The maximum atomic E-state index is 13.4. The van der Waals surface area contributed by atoms with Gasteiger partial charge in [0.1, 0.15) is 18.4 Å². The topological polar surface area (TPSA) is 172 Å². The zero-order chi connectivity index (χ0) is 31.6. The monoisotopic (exact) mass is 572 g/mol. The molecule has 4 N–H and O–H groups in total. The van der Waals surface area contributed by atoms with Crippen LogP contribution in [0.25, 0.3) is 0 Å². The van der Waals surface area contributed by atoms with Crippen LogP contribution in [0.4, 0.5) is 15.0 Å². The van der Waals surface area contributed by atoms with E-state index in [0.29, 0.717) is 19.3 Å². The summed E-state index contributed by atoms with van der Waals surface area (Å²) in [5.41, 5.74) is 4.18. The number of nitrogens with two attached hydrogens (primary N) is 1. The second-order valence-electron chi connectivity index (χ2n) is 10.5. The Balaban J connectivity index is 0. The molecule has 1 aromatic heterocycles. The first-order valence-electron chi connectivity index (χ1n) is 12.8. The third-order valence-electron chi connectivity index (χ3n) is 4.52. The summed E-state index contributed by atoms with van der Waals surface area (Å²) in [5.74, 6) is -1.69. The molecule has 2 rings (SSSR count). The number of anilines is 1. The summed E-state index contributed by atoms with van der Waals surface area (Å²) in [6.07, 6.45) is 9.42. The third kappa shape index (κ3) is 18.6. The Bertz CT molecular complexity index is 1000. The number of rotatable bonds is 7. The highest BCUT2D eigenvalue weighted by atomic mass is 19.1. The van der Waals surface area contributed by atoms with E-state index in [2.05, 4.69) is 23.1 Å². The molecule has 1 aromatic rings. The van der Waals surface area contributed by atoms with E-state index in [1.54, 1.807) is 0 Å². The maximum Gasteiger partial charge on any atom is 0.407 e. The lowest BCUT2D eigenvalue weighted by molar-refractivity contribution is -0.149. The van der Waals surface area contributed by atoms with Gasteiger partial charge in [-0.25, -0.2) is 14.0 Å². The molecule has 0 bridgehead atoms. The molecule has 12 nitrogen and oxygen atoms in total. The number of ether oxygens (including phenoxy) is 3. The zero-order valence-corrected chi connectivity index (χ0v) is 24.7. The number of alkyl carbamates (subject to hydrolysis) is 1. The first-order valence-corrected chi connectivity index (χ1v) is 12.8. The molecule has 0 saturated carbocycles. The molecule has 1 saturated heterocycles. The van der Waals surface area contributed by atoms with E-state index in [1.807, 2.05) is 48.5 Å². The number of terminal acetylenes is 1. The number of esters is 1. The molecule has 1 aliphatic rings. The van der Waals surface area contributed by atoms with E-state index in [-0.39, 0.29) is 48.6 Å². The van der Waals surface area contributed by atoms with Crippen molar-refractivity contribution in [2.75, 3.05) is 19.4 Å². The van der Waals surface area contributed by atoms with Crippen molar-refractivity contribution in [3.8, 4) is 12.8 Å². The summed E-state index contributed by atoms with van der Waals surface area (Å²) in [6.45, 7) is 13.2. The summed E-state index contributed by atoms with van der Waals surface area (Å²) >= 11 is 0. The molecular formula is C27H45FN4O8. The van der Waals surface area contributed by atoms with Crippen LogP contribution in [0.5, 0.6) is 0 Å². The fourth-order valence-electron chi connectivity index (χ4n) is 2.93. The molecule has 0 spiro atoms. The van der Waals surface area contributed by atoms with Crippen LogP contribution >= 0.6 is 0 Å². The van der Waals surface area contributed by atoms with Crippen LogP contribution in [-0.2, 0) is 23.8 Å². The number of nitrogen functional groups attached to an aromatic ring is 1. The number of aliphatic carboxylic acids is 1. The quantitative estimate of drug-likeness (QED) is 0.323. The van der Waals surface area contributed by atoms with Gasteiger partial charge in [0.2, 0.25) is 0 Å². The van der Waals surface area contributed by atoms with Gasteiger partial charge >= 0.3 is 23.7 Å². The average Bonchev–Trinajstić information content (AvgIpc) is 3.28. The van der Waals surface area contributed by atoms with Crippen molar-refractivity contribution in [3.05, 3.63) is 22.5 Å². The van der Waals surface area contributed by atoms with Gasteiger partial charge in [-0.1, -0.05) is 27.7 Å². The molecule has 1 aliphatic heterocycles. The van der Waals surface area contributed by atoms with Crippen molar-refractivity contribution in [3.63, 3.8) is 0 Å². The second-order valence-corrected chi connectivity index (χ2v) is 10.5. The summed E-state index contributed by atoms with van der Waals surface area (Å²) in [7, 11) is 1.54. The average molecular weight is 573 g/mol. The molecule has 228 valence electrons. The third-order valence-corrected chi connectivity index (χ3v) is 4.52. The standard InChI is InChI=1S/C14H20FN3O4.C6H13NO2.C5H10O2.C2H2/c1-8(2)5-12(19)21-7-9-3-4-11(22-9)18-6-10(15)13(16)17-14(18)20;1-6(2,3)9-5(8)7-4;1-4(2)3-5(6)7;1-2/h6,8-9,11H,3-5,7H2,1-2H3,(H2,16,17,20);1-4H3,(H,7,8);4H,3H2,1-2H3,(H,6,7);1-2H. The Hall–Kier alpha value is -3.66. The fourth-order valence-corrected chi connectivity index (χ4v) is 2.93. The highest BCUT2D eigenvalue weighted by molar-refractivity contribution is 5.69. The molecule has 2 unspecified atom stereocenters. The minimum absolute atomic E-state index is 0.127. The number of carboxylic acids is 1. The SMILES string of the molecule is C#C.CC(C)CC(=O)O.CC(C)CC(=O)OCC1CCC(n2cc(F)c(N)nc2=O)O1.CNC(=O)OC(C)(C)C. The molecule has 2 heterocycles. The minimum Gasteiger partial charge on any atom is -0.481 e. The molecule has 0 aliphatic carbocycles. The Kier molecular flexibility index (Phi) is 18.7. The van der Waals surface area contributed by atoms with Gasteiger partial charge in [-0.2, -0.15) is 4.98 Å². The Labute approximate surface area is 235 Å². The summed E-state index contributed by atoms with van der Waals surface area (Å²) < 4.78 is 30.1.